The number of anilines is 1. The molecule has 106 valence electrons. The fraction of sp³-hybridized carbons (Fsp3) is 0.267. The molecule has 2 N–H and O–H groups in total. The lowest BCUT2D eigenvalue weighted by molar-refractivity contribution is 0.395. The van der Waals surface area contributed by atoms with Crippen LogP contribution in [-0.2, 0) is 6.54 Å². The lowest BCUT2D eigenvalue weighted by Crippen LogP contribution is -2.03. The molecule has 0 aliphatic heterocycles. The number of aryl methyl sites for hydroxylation is 1. The predicted molar refractivity (Wildman–Crippen MR) is 80.1 cm³/mol. The Morgan fingerprint density at radius 3 is 2.70 bits per heavy atom. The minimum atomic E-state index is 0.603. The molecule has 2 aromatic rings. The number of benzene rings is 1. The highest BCUT2D eigenvalue weighted by atomic mass is 16.5. The molecule has 0 saturated heterocycles. The van der Waals surface area contributed by atoms with Crippen LogP contribution in [0.3, 0.4) is 0 Å². The number of nitrogens with zero attached hydrogens (tertiary/aromatic N) is 2. The van der Waals surface area contributed by atoms with E-state index in [9.17, 15) is 0 Å². The largest absolute Gasteiger partial charge is 0.497 e. The van der Waals surface area contributed by atoms with Crippen LogP contribution in [0.2, 0.25) is 0 Å². The maximum Gasteiger partial charge on any atom is 0.132 e. The van der Waals surface area contributed by atoms with Gasteiger partial charge in [0, 0.05) is 18.2 Å². The van der Waals surface area contributed by atoms with Gasteiger partial charge in [-0.3, -0.25) is 0 Å². The molecule has 5 heteroatoms. The molecule has 1 aromatic carbocycles. The number of rotatable bonds is 5. The Labute approximate surface area is 118 Å². The van der Waals surface area contributed by atoms with Gasteiger partial charge in [0.25, 0.3) is 0 Å². The van der Waals surface area contributed by atoms with Gasteiger partial charge in [-0.05, 0) is 19.1 Å². The maximum absolute atomic E-state index is 6.18. The first-order valence-corrected chi connectivity index (χ1v) is 6.28. The molecule has 0 saturated carbocycles. The molecule has 0 spiro atoms. The van der Waals surface area contributed by atoms with Gasteiger partial charge >= 0.3 is 0 Å². The second-order valence-electron chi connectivity index (χ2n) is 4.36. The van der Waals surface area contributed by atoms with Gasteiger partial charge < -0.3 is 19.8 Å². The molecule has 1 heterocycles. The van der Waals surface area contributed by atoms with Crippen LogP contribution in [0, 0.1) is 6.92 Å². The summed E-state index contributed by atoms with van der Waals surface area (Å²) in [7, 11) is 3.23. The monoisotopic (exact) mass is 273 g/mol. The Bertz CT molecular complexity index is 632. The summed E-state index contributed by atoms with van der Waals surface area (Å²) in [5.74, 6) is 2.85. The molecule has 0 atom stereocenters. The summed E-state index contributed by atoms with van der Waals surface area (Å²) in [6, 6.07) is 5.57. The highest BCUT2D eigenvalue weighted by Gasteiger charge is 2.17. The van der Waals surface area contributed by atoms with Crippen LogP contribution in [-0.4, -0.2) is 23.8 Å². The van der Waals surface area contributed by atoms with Gasteiger partial charge in [-0.2, -0.15) is 0 Å². The SMILES string of the molecule is C=CCn1c(C)nc(-c2ccc(OC)cc2OC)c1N. The molecule has 0 unspecified atom stereocenters. The van der Waals surface area contributed by atoms with Crippen LogP contribution in [0.5, 0.6) is 11.5 Å². The van der Waals surface area contributed by atoms with Crippen molar-refractivity contribution >= 4 is 5.82 Å². The first-order valence-electron chi connectivity index (χ1n) is 6.28. The van der Waals surface area contributed by atoms with Crippen LogP contribution in [0.4, 0.5) is 5.82 Å². The summed E-state index contributed by atoms with van der Waals surface area (Å²) >= 11 is 0. The van der Waals surface area contributed by atoms with E-state index in [1.54, 1.807) is 20.3 Å². The van der Waals surface area contributed by atoms with E-state index in [-0.39, 0.29) is 0 Å². The molecule has 0 amide bonds. The zero-order valence-corrected chi connectivity index (χ0v) is 12.0. The quantitative estimate of drug-likeness (QED) is 0.851. The van der Waals surface area contributed by atoms with E-state index >= 15 is 0 Å². The number of imidazole rings is 1. The number of hydrogen-bond acceptors (Lipinski definition) is 4. The average Bonchev–Trinajstić information content (AvgIpc) is 2.75. The van der Waals surface area contributed by atoms with Crippen LogP contribution < -0.4 is 15.2 Å². The fourth-order valence-corrected chi connectivity index (χ4v) is 2.13. The molecule has 0 radical (unpaired) electrons. The van der Waals surface area contributed by atoms with E-state index in [0.29, 0.717) is 23.8 Å². The third-order valence-corrected chi connectivity index (χ3v) is 3.17. The summed E-state index contributed by atoms with van der Waals surface area (Å²) in [6.07, 6.45) is 1.79. The second kappa shape index (κ2) is 5.69. The van der Waals surface area contributed by atoms with Crippen molar-refractivity contribution in [3.63, 3.8) is 0 Å². The first kappa shape index (κ1) is 14.0. The van der Waals surface area contributed by atoms with Crippen molar-refractivity contribution in [2.45, 2.75) is 13.5 Å². The maximum atomic E-state index is 6.18. The molecule has 0 fully saturated rings. The Balaban J connectivity index is 2.56. The Hall–Kier alpha value is -2.43. The molecule has 0 aliphatic carbocycles. The van der Waals surface area contributed by atoms with E-state index < -0.39 is 0 Å². The van der Waals surface area contributed by atoms with Gasteiger partial charge in [-0.25, -0.2) is 4.98 Å². The number of methoxy groups -OCH3 is 2. The minimum absolute atomic E-state index is 0.603. The van der Waals surface area contributed by atoms with Crippen LogP contribution in [0.1, 0.15) is 5.82 Å². The van der Waals surface area contributed by atoms with Crippen molar-refractivity contribution in [3.8, 4) is 22.8 Å². The highest BCUT2D eigenvalue weighted by Crippen LogP contribution is 2.36. The van der Waals surface area contributed by atoms with Crippen LogP contribution in [0.15, 0.2) is 30.9 Å². The number of nitrogen functional groups attached to an aromatic ring is 1. The number of allylic oxidation sites excluding steroid dienone is 1. The minimum Gasteiger partial charge on any atom is -0.497 e. The lowest BCUT2D eigenvalue weighted by Gasteiger charge is -2.09. The number of aromatic nitrogens is 2. The number of hydrogen-bond donors (Lipinski definition) is 1. The predicted octanol–water partition coefficient (Wildman–Crippen LogP) is 2.64. The molecule has 20 heavy (non-hydrogen) atoms. The zero-order chi connectivity index (χ0) is 14.7. The molecular formula is C15H19N3O2. The van der Waals surface area contributed by atoms with Gasteiger partial charge in [-0.1, -0.05) is 6.08 Å². The van der Waals surface area contributed by atoms with Crippen molar-refractivity contribution in [2.24, 2.45) is 0 Å². The van der Waals surface area contributed by atoms with E-state index in [4.69, 9.17) is 15.2 Å². The van der Waals surface area contributed by atoms with Gasteiger partial charge in [-0.15, -0.1) is 6.58 Å². The van der Waals surface area contributed by atoms with Crippen molar-refractivity contribution in [1.29, 1.82) is 0 Å². The molecule has 0 bridgehead atoms. The first-order chi connectivity index (χ1) is 9.62. The normalized spacial score (nSPS) is 10.3. The van der Waals surface area contributed by atoms with Gasteiger partial charge in [0.2, 0.25) is 0 Å². The van der Waals surface area contributed by atoms with Crippen molar-refractivity contribution < 1.29 is 9.47 Å². The molecule has 2 rings (SSSR count). The van der Waals surface area contributed by atoms with E-state index in [1.807, 2.05) is 29.7 Å². The van der Waals surface area contributed by atoms with E-state index in [1.165, 1.54) is 0 Å². The highest BCUT2D eigenvalue weighted by molar-refractivity contribution is 5.77. The van der Waals surface area contributed by atoms with E-state index in [0.717, 1.165) is 17.1 Å². The van der Waals surface area contributed by atoms with Crippen molar-refractivity contribution in [1.82, 2.24) is 9.55 Å². The van der Waals surface area contributed by atoms with Crippen LogP contribution in [0.25, 0.3) is 11.3 Å². The van der Waals surface area contributed by atoms with Gasteiger partial charge in [0.05, 0.1) is 14.2 Å². The molecule has 5 nitrogen and oxygen atoms in total. The Morgan fingerprint density at radius 2 is 2.10 bits per heavy atom. The standard InChI is InChI=1S/C15H19N3O2/c1-5-8-18-10(2)17-14(15(18)16)12-7-6-11(19-3)9-13(12)20-4/h5-7,9H,1,8,16H2,2-4H3. The smallest absolute Gasteiger partial charge is 0.132 e. The fourth-order valence-electron chi connectivity index (χ4n) is 2.13. The summed E-state index contributed by atoms with van der Waals surface area (Å²) < 4.78 is 12.5. The van der Waals surface area contributed by atoms with Gasteiger partial charge in [0.15, 0.2) is 0 Å². The molecule has 1 aromatic heterocycles. The third-order valence-electron chi connectivity index (χ3n) is 3.17. The lowest BCUT2D eigenvalue weighted by atomic mass is 10.1. The Kier molecular flexibility index (Phi) is 3.98. The average molecular weight is 273 g/mol. The number of nitrogens with two attached hydrogens (primary N) is 1. The summed E-state index contributed by atoms with van der Waals surface area (Å²) in [5.41, 5.74) is 7.74. The summed E-state index contributed by atoms with van der Waals surface area (Å²) in [5, 5.41) is 0. The second-order valence-corrected chi connectivity index (χ2v) is 4.36. The summed E-state index contributed by atoms with van der Waals surface area (Å²) in [4.78, 5) is 4.53. The number of ether oxygens (including phenoxy) is 2. The zero-order valence-electron chi connectivity index (χ0n) is 12.0. The van der Waals surface area contributed by atoms with Crippen LogP contribution >= 0.6 is 0 Å². The topological polar surface area (TPSA) is 62.3 Å². The van der Waals surface area contributed by atoms with Gasteiger partial charge in [0.1, 0.15) is 28.8 Å². The van der Waals surface area contributed by atoms with E-state index in [2.05, 4.69) is 11.6 Å². The third kappa shape index (κ3) is 2.34. The molecule has 0 aliphatic rings. The summed E-state index contributed by atoms with van der Waals surface area (Å²) in [6.45, 7) is 6.28. The molecular weight excluding hydrogens is 254 g/mol. The Morgan fingerprint density at radius 1 is 1.35 bits per heavy atom. The van der Waals surface area contributed by atoms with Crippen molar-refractivity contribution in [2.75, 3.05) is 20.0 Å². The van der Waals surface area contributed by atoms with Crippen molar-refractivity contribution in [3.05, 3.63) is 36.7 Å².